The van der Waals surface area contributed by atoms with Gasteiger partial charge in [0.15, 0.2) is 0 Å². The Hall–Kier alpha value is 0.400. The van der Waals surface area contributed by atoms with Crippen LogP contribution < -0.4 is 0 Å². The van der Waals surface area contributed by atoms with Crippen molar-refractivity contribution < 1.29 is 0 Å². The molecule has 2 nitrogen and oxygen atoms in total. The molecule has 3 heteroatoms. The molecule has 0 bridgehead atoms. The summed E-state index contributed by atoms with van der Waals surface area (Å²) in [5.41, 5.74) is 0. The fourth-order valence-electron chi connectivity index (χ4n) is 2.37. The second-order valence-electron chi connectivity index (χ2n) is 4.93. The summed E-state index contributed by atoms with van der Waals surface area (Å²) in [5, 5.41) is 1.12. The summed E-state index contributed by atoms with van der Waals surface area (Å²) >= 11 is 3.58. The highest BCUT2D eigenvalue weighted by Gasteiger charge is 2.22. The second-order valence-corrected chi connectivity index (χ2v) is 5.58. The van der Waals surface area contributed by atoms with Crippen LogP contribution in [0.1, 0.15) is 26.7 Å². The van der Waals surface area contributed by atoms with Crippen molar-refractivity contribution in [3.8, 4) is 0 Å². The maximum absolute atomic E-state index is 3.58. The Kier molecular flexibility index (Phi) is 6.17. The van der Waals surface area contributed by atoms with Gasteiger partial charge < -0.3 is 4.90 Å². The molecule has 1 aliphatic rings. The van der Waals surface area contributed by atoms with Crippen LogP contribution in [-0.4, -0.2) is 54.4 Å². The van der Waals surface area contributed by atoms with Gasteiger partial charge in [0.25, 0.3) is 0 Å². The number of rotatable bonds is 4. The summed E-state index contributed by atoms with van der Waals surface area (Å²) in [7, 11) is 2.25. The Bertz CT molecular complexity index is 175. The van der Waals surface area contributed by atoms with E-state index in [1.165, 1.54) is 39.0 Å². The third-order valence-electron chi connectivity index (χ3n) is 3.30. The highest BCUT2D eigenvalue weighted by atomic mass is 79.9. The van der Waals surface area contributed by atoms with Crippen LogP contribution in [0.4, 0.5) is 0 Å². The molecular weight excluding hydrogens is 252 g/mol. The van der Waals surface area contributed by atoms with Crippen LogP contribution in [0, 0.1) is 5.92 Å². The van der Waals surface area contributed by atoms with E-state index in [1.54, 1.807) is 0 Å². The number of nitrogens with zero attached hydrogens (tertiary/aromatic N) is 2. The zero-order chi connectivity index (χ0) is 11.3. The molecule has 1 rings (SSSR count). The summed E-state index contributed by atoms with van der Waals surface area (Å²) < 4.78 is 0. The molecule has 0 aromatic carbocycles. The molecule has 1 aliphatic heterocycles. The summed E-state index contributed by atoms with van der Waals surface area (Å²) in [6.45, 7) is 9.67. The van der Waals surface area contributed by atoms with E-state index in [-0.39, 0.29) is 0 Å². The number of alkyl halides is 1. The molecule has 0 saturated carbocycles. The maximum Gasteiger partial charge on any atom is 0.0220 e. The lowest BCUT2D eigenvalue weighted by atomic mass is 10.1. The highest BCUT2D eigenvalue weighted by molar-refractivity contribution is 9.09. The zero-order valence-electron chi connectivity index (χ0n) is 10.4. The van der Waals surface area contributed by atoms with Crippen LogP contribution >= 0.6 is 15.9 Å². The number of halogens is 1. The first-order chi connectivity index (χ1) is 7.17. The Morgan fingerprint density at radius 3 is 2.73 bits per heavy atom. The van der Waals surface area contributed by atoms with E-state index in [1.807, 2.05) is 0 Å². The number of likely N-dealkylation sites (N-methyl/N-ethyl adjacent to an activating group) is 1. The molecule has 90 valence electrons. The summed E-state index contributed by atoms with van der Waals surface area (Å²) in [5.74, 6) is 0.766. The van der Waals surface area contributed by atoms with Gasteiger partial charge in [-0.15, -0.1) is 0 Å². The van der Waals surface area contributed by atoms with Crippen molar-refractivity contribution in [2.45, 2.75) is 32.7 Å². The minimum atomic E-state index is 0.763. The SMILES string of the molecule is CCC1CN(C)CCCN1CC(C)CBr. The average Bonchev–Trinajstić information content (AvgIpc) is 2.40. The lowest BCUT2D eigenvalue weighted by Gasteiger charge is -2.31. The van der Waals surface area contributed by atoms with Crippen molar-refractivity contribution in [2.24, 2.45) is 5.92 Å². The van der Waals surface area contributed by atoms with Crippen LogP contribution in [-0.2, 0) is 0 Å². The molecule has 2 atom stereocenters. The van der Waals surface area contributed by atoms with Gasteiger partial charge in [0.2, 0.25) is 0 Å². The number of hydrogen-bond donors (Lipinski definition) is 0. The molecule has 15 heavy (non-hydrogen) atoms. The third-order valence-corrected chi connectivity index (χ3v) is 4.41. The highest BCUT2D eigenvalue weighted by Crippen LogP contribution is 2.14. The second kappa shape index (κ2) is 6.87. The van der Waals surface area contributed by atoms with Crippen molar-refractivity contribution >= 4 is 15.9 Å². The zero-order valence-corrected chi connectivity index (χ0v) is 12.0. The van der Waals surface area contributed by atoms with Crippen molar-refractivity contribution in [2.75, 3.05) is 38.6 Å². The minimum Gasteiger partial charge on any atom is -0.305 e. The molecule has 1 heterocycles. The maximum atomic E-state index is 3.58. The first kappa shape index (κ1) is 13.5. The lowest BCUT2D eigenvalue weighted by Crippen LogP contribution is -2.42. The molecule has 0 aromatic heterocycles. The largest absolute Gasteiger partial charge is 0.305 e. The Labute approximate surface area is 103 Å². The van der Waals surface area contributed by atoms with Crippen LogP contribution in [0.3, 0.4) is 0 Å². The average molecular weight is 277 g/mol. The lowest BCUT2D eigenvalue weighted by molar-refractivity contribution is 0.167. The molecule has 0 N–H and O–H groups in total. The van der Waals surface area contributed by atoms with Gasteiger partial charge in [-0.25, -0.2) is 0 Å². The molecule has 0 aliphatic carbocycles. The first-order valence-electron chi connectivity index (χ1n) is 6.16. The molecular formula is C12H25BrN2. The van der Waals surface area contributed by atoms with Gasteiger partial charge in [-0.2, -0.15) is 0 Å². The smallest absolute Gasteiger partial charge is 0.0220 e. The van der Waals surface area contributed by atoms with Crippen LogP contribution in [0.2, 0.25) is 0 Å². The molecule has 1 fully saturated rings. The van der Waals surface area contributed by atoms with Crippen molar-refractivity contribution in [1.82, 2.24) is 9.80 Å². The van der Waals surface area contributed by atoms with Crippen molar-refractivity contribution in [3.63, 3.8) is 0 Å². The summed E-state index contributed by atoms with van der Waals surface area (Å²) in [6, 6.07) is 0.763. The predicted molar refractivity (Wildman–Crippen MR) is 70.7 cm³/mol. The van der Waals surface area contributed by atoms with E-state index in [4.69, 9.17) is 0 Å². The van der Waals surface area contributed by atoms with E-state index >= 15 is 0 Å². The monoisotopic (exact) mass is 276 g/mol. The molecule has 0 amide bonds. The van der Waals surface area contributed by atoms with Gasteiger partial charge in [-0.3, -0.25) is 4.90 Å². The van der Waals surface area contributed by atoms with E-state index in [9.17, 15) is 0 Å². The van der Waals surface area contributed by atoms with Gasteiger partial charge in [-0.05, 0) is 38.9 Å². The number of hydrogen-bond acceptors (Lipinski definition) is 2. The Morgan fingerprint density at radius 2 is 2.13 bits per heavy atom. The third kappa shape index (κ3) is 4.41. The van der Waals surface area contributed by atoms with Crippen molar-refractivity contribution in [1.29, 1.82) is 0 Å². The van der Waals surface area contributed by atoms with Gasteiger partial charge in [0.05, 0.1) is 0 Å². The minimum absolute atomic E-state index is 0.763. The van der Waals surface area contributed by atoms with Crippen molar-refractivity contribution in [3.05, 3.63) is 0 Å². The standard InChI is InChI=1S/C12H25BrN2/c1-4-12-10-14(3)6-5-7-15(12)9-11(2)8-13/h11-12H,4-10H2,1-3H3. The molecule has 1 saturated heterocycles. The van der Waals surface area contributed by atoms with E-state index in [0.29, 0.717) is 0 Å². The molecule has 2 unspecified atom stereocenters. The fraction of sp³-hybridized carbons (Fsp3) is 1.00. The van der Waals surface area contributed by atoms with Crippen LogP contribution in [0.15, 0.2) is 0 Å². The van der Waals surface area contributed by atoms with Gasteiger partial charge in [0.1, 0.15) is 0 Å². The Balaban J connectivity index is 2.51. The van der Waals surface area contributed by atoms with Crippen LogP contribution in [0.25, 0.3) is 0 Å². The van der Waals surface area contributed by atoms with Gasteiger partial charge in [-0.1, -0.05) is 29.8 Å². The predicted octanol–water partition coefficient (Wildman–Crippen LogP) is 2.43. The van der Waals surface area contributed by atoms with Gasteiger partial charge in [0, 0.05) is 24.5 Å². The molecule has 0 spiro atoms. The molecule has 0 radical (unpaired) electrons. The normalized spacial score (nSPS) is 27.6. The summed E-state index contributed by atoms with van der Waals surface area (Å²) in [4.78, 5) is 5.17. The van der Waals surface area contributed by atoms with E-state index in [0.717, 1.165) is 17.3 Å². The topological polar surface area (TPSA) is 6.48 Å². The van der Waals surface area contributed by atoms with Crippen LogP contribution in [0.5, 0.6) is 0 Å². The van der Waals surface area contributed by atoms with Gasteiger partial charge >= 0.3 is 0 Å². The first-order valence-corrected chi connectivity index (χ1v) is 7.28. The van der Waals surface area contributed by atoms with E-state index in [2.05, 4.69) is 46.6 Å². The fourth-order valence-corrected chi connectivity index (χ4v) is 2.57. The summed E-state index contributed by atoms with van der Waals surface area (Å²) in [6.07, 6.45) is 2.60. The van der Waals surface area contributed by atoms with E-state index < -0.39 is 0 Å². The Morgan fingerprint density at radius 1 is 1.40 bits per heavy atom. The molecule has 0 aromatic rings. The quantitative estimate of drug-likeness (QED) is 0.728.